The molecule has 98 valence electrons. The zero-order valence-corrected chi connectivity index (χ0v) is 10.2. The lowest BCUT2D eigenvalue weighted by molar-refractivity contribution is 0.0508. The number of benzene rings is 2. The van der Waals surface area contributed by atoms with E-state index in [2.05, 4.69) is 0 Å². The van der Waals surface area contributed by atoms with Crippen molar-refractivity contribution in [1.82, 2.24) is 0 Å². The largest absolute Gasteiger partial charge is 0.508 e. The van der Waals surface area contributed by atoms with Gasteiger partial charge in [-0.15, -0.1) is 0 Å². The molecule has 0 unspecified atom stereocenters. The Morgan fingerprint density at radius 2 is 1.63 bits per heavy atom. The predicted molar refractivity (Wildman–Crippen MR) is 70.2 cm³/mol. The van der Waals surface area contributed by atoms with E-state index in [1.807, 2.05) is 30.3 Å². The van der Waals surface area contributed by atoms with Crippen LogP contribution in [0.5, 0.6) is 11.5 Å². The average molecular weight is 258 g/mol. The lowest BCUT2D eigenvalue weighted by Crippen LogP contribution is -2.08. The molecular formula is C15H14O4. The molecule has 0 spiro atoms. The highest BCUT2D eigenvalue weighted by molar-refractivity contribution is 5.90. The summed E-state index contributed by atoms with van der Waals surface area (Å²) in [6.45, 7) is 0.249. The molecule has 0 fully saturated rings. The Labute approximate surface area is 110 Å². The minimum absolute atomic E-state index is 0.130. The molecule has 0 aliphatic heterocycles. The van der Waals surface area contributed by atoms with Crippen molar-refractivity contribution in [2.45, 2.75) is 6.42 Å². The Hall–Kier alpha value is -2.49. The van der Waals surface area contributed by atoms with Crippen LogP contribution in [0.3, 0.4) is 0 Å². The minimum Gasteiger partial charge on any atom is -0.508 e. The van der Waals surface area contributed by atoms with Crippen molar-refractivity contribution in [3.8, 4) is 11.5 Å². The molecule has 0 atom stereocenters. The first-order valence-electron chi connectivity index (χ1n) is 5.89. The van der Waals surface area contributed by atoms with Gasteiger partial charge in [-0.2, -0.15) is 0 Å². The van der Waals surface area contributed by atoms with Gasteiger partial charge in [0.15, 0.2) is 0 Å². The van der Waals surface area contributed by atoms with Crippen molar-refractivity contribution in [3.63, 3.8) is 0 Å². The van der Waals surface area contributed by atoms with Crippen LogP contribution >= 0.6 is 0 Å². The van der Waals surface area contributed by atoms with Gasteiger partial charge < -0.3 is 14.9 Å². The van der Waals surface area contributed by atoms with Gasteiger partial charge in [-0.1, -0.05) is 30.3 Å². The Morgan fingerprint density at radius 1 is 1.00 bits per heavy atom. The number of rotatable bonds is 4. The number of carbonyl (C=O) groups is 1. The first-order chi connectivity index (χ1) is 9.15. The van der Waals surface area contributed by atoms with Gasteiger partial charge in [0.1, 0.15) is 11.5 Å². The number of esters is 1. The molecule has 0 radical (unpaired) electrons. The van der Waals surface area contributed by atoms with Crippen molar-refractivity contribution in [2.24, 2.45) is 0 Å². The van der Waals surface area contributed by atoms with Crippen LogP contribution in [0, 0.1) is 0 Å². The van der Waals surface area contributed by atoms with E-state index >= 15 is 0 Å². The fourth-order valence-electron chi connectivity index (χ4n) is 1.70. The molecule has 0 saturated carbocycles. The van der Waals surface area contributed by atoms with Gasteiger partial charge in [0.2, 0.25) is 0 Å². The van der Waals surface area contributed by atoms with E-state index in [1.54, 1.807) is 0 Å². The second-order valence-electron chi connectivity index (χ2n) is 4.11. The summed E-state index contributed by atoms with van der Waals surface area (Å²) < 4.78 is 5.08. The van der Waals surface area contributed by atoms with Gasteiger partial charge in [0.25, 0.3) is 0 Å². The highest BCUT2D eigenvalue weighted by atomic mass is 16.5. The maximum atomic E-state index is 11.7. The summed E-state index contributed by atoms with van der Waals surface area (Å²) in [6, 6.07) is 13.3. The van der Waals surface area contributed by atoms with E-state index in [0.717, 1.165) is 11.6 Å². The minimum atomic E-state index is -0.567. The third kappa shape index (κ3) is 3.74. The SMILES string of the molecule is O=C(OCCc1ccccc1)c1cc(O)cc(O)c1. The topological polar surface area (TPSA) is 66.8 Å². The van der Waals surface area contributed by atoms with Crippen LogP contribution in [0.4, 0.5) is 0 Å². The van der Waals surface area contributed by atoms with E-state index in [4.69, 9.17) is 4.74 Å². The van der Waals surface area contributed by atoms with Crippen LogP contribution in [0.25, 0.3) is 0 Å². The van der Waals surface area contributed by atoms with Gasteiger partial charge in [-0.05, 0) is 17.7 Å². The Kier molecular flexibility index (Phi) is 4.03. The quantitative estimate of drug-likeness (QED) is 0.827. The lowest BCUT2D eigenvalue weighted by atomic mass is 10.2. The second kappa shape index (κ2) is 5.91. The highest BCUT2D eigenvalue weighted by Gasteiger charge is 2.09. The molecule has 0 aliphatic rings. The predicted octanol–water partition coefficient (Wildman–Crippen LogP) is 2.50. The summed E-state index contributed by atoms with van der Waals surface area (Å²) in [5, 5.41) is 18.6. The van der Waals surface area contributed by atoms with Crippen LogP contribution in [0.1, 0.15) is 15.9 Å². The van der Waals surface area contributed by atoms with Crippen molar-refractivity contribution in [3.05, 3.63) is 59.7 Å². The van der Waals surface area contributed by atoms with E-state index in [1.165, 1.54) is 12.1 Å². The number of phenols is 2. The number of aromatic hydroxyl groups is 2. The summed E-state index contributed by atoms with van der Waals surface area (Å²) in [5.74, 6) is -0.910. The Bertz CT molecular complexity index is 543. The van der Waals surface area contributed by atoms with Crippen LogP contribution in [-0.2, 0) is 11.2 Å². The summed E-state index contributed by atoms with van der Waals surface area (Å²) in [5.41, 5.74) is 1.21. The van der Waals surface area contributed by atoms with E-state index < -0.39 is 5.97 Å². The monoisotopic (exact) mass is 258 g/mol. The number of hydrogen-bond donors (Lipinski definition) is 2. The molecule has 4 heteroatoms. The van der Waals surface area contributed by atoms with Gasteiger partial charge in [0, 0.05) is 12.5 Å². The molecule has 0 heterocycles. The fourth-order valence-corrected chi connectivity index (χ4v) is 1.70. The van der Waals surface area contributed by atoms with Crippen LogP contribution in [0.2, 0.25) is 0 Å². The number of ether oxygens (including phenoxy) is 1. The van der Waals surface area contributed by atoms with E-state index in [-0.39, 0.29) is 23.7 Å². The summed E-state index contributed by atoms with van der Waals surface area (Å²) in [4.78, 5) is 11.7. The van der Waals surface area contributed by atoms with Gasteiger partial charge in [-0.3, -0.25) is 0 Å². The fraction of sp³-hybridized carbons (Fsp3) is 0.133. The molecule has 4 nitrogen and oxygen atoms in total. The second-order valence-corrected chi connectivity index (χ2v) is 4.11. The molecule has 19 heavy (non-hydrogen) atoms. The third-order valence-corrected chi connectivity index (χ3v) is 2.60. The average Bonchev–Trinajstić information content (AvgIpc) is 2.38. The highest BCUT2D eigenvalue weighted by Crippen LogP contribution is 2.20. The zero-order chi connectivity index (χ0) is 13.7. The molecule has 0 aromatic heterocycles. The molecule has 2 aromatic carbocycles. The standard InChI is InChI=1S/C15H14O4/c16-13-8-12(9-14(17)10-13)15(18)19-7-6-11-4-2-1-3-5-11/h1-5,8-10,16-17H,6-7H2. The summed E-state index contributed by atoms with van der Waals surface area (Å²) in [7, 11) is 0. The van der Waals surface area contributed by atoms with E-state index in [9.17, 15) is 15.0 Å². The Morgan fingerprint density at radius 3 is 2.26 bits per heavy atom. The number of phenolic OH excluding ortho intramolecular Hbond substituents is 2. The number of carbonyl (C=O) groups excluding carboxylic acids is 1. The normalized spacial score (nSPS) is 10.1. The van der Waals surface area contributed by atoms with Crippen molar-refractivity contribution in [1.29, 1.82) is 0 Å². The van der Waals surface area contributed by atoms with E-state index in [0.29, 0.717) is 6.42 Å². The molecule has 2 aromatic rings. The molecule has 2 N–H and O–H groups in total. The molecule has 0 amide bonds. The summed E-state index contributed by atoms with van der Waals surface area (Å²) in [6.07, 6.45) is 0.622. The van der Waals surface area contributed by atoms with Crippen LogP contribution in [0.15, 0.2) is 48.5 Å². The summed E-state index contributed by atoms with van der Waals surface area (Å²) >= 11 is 0. The van der Waals surface area contributed by atoms with Crippen molar-refractivity contribution >= 4 is 5.97 Å². The molecule has 0 saturated heterocycles. The maximum absolute atomic E-state index is 11.7. The van der Waals surface area contributed by atoms with Gasteiger partial charge in [0.05, 0.1) is 12.2 Å². The van der Waals surface area contributed by atoms with Crippen molar-refractivity contribution in [2.75, 3.05) is 6.61 Å². The third-order valence-electron chi connectivity index (χ3n) is 2.60. The molecule has 0 aliphatic carbocycles. The van der Waals surface area contributed by atoms with Crippen LogP contribution in [-0.4, -0.2) is 22.8 Å². The maximum Gasteiger partial charge on any atom is 0.338 e. The molecule has 2 rings (SSSR count). The van der Waals surface area contributed by atoms with Crippen molar-refractivity contribution < 1.29 is 19.7 Å². The Balaban J connectivity index is 1.91. The smallest absolute Gasteiger partial charge is 0.338 e. The van der Waals surface area contributed by atoms with Gasteiger partial charge in [-0.25, -0.2) is 4.79 Å². The van der Waals surface area contributed by atoms with Gasteiger partial charge >= 0.3 is 5.97 Å². The first kappa shape index (κ1) is 13.0. The zero-order valence-electron chi connectivity index (χ0n) is 10.2. The lowest BCUT2D eigenvalue weighted by Gasteiger charge is -2.06. The molecule has 0 bridgehead atoms. The first-order valence-corrected chi connectivity index (χ1v) is 5.89. The molecular weight excluding hydrogens is 244 g/mol. The number of hydrogen-bond acceptors (Lipinski definition) is 4. The van der Waals surface area contributed by atoms with Crippen LogP contribution < -0.4 is 0 Å².